The molecular weight excluding hydrogens is 262 g/mol. The first-order valence-corrected chi connectivity index (χ1v) is 6.59. The van der Waals surface area contributed by atoms with Crippen molar-refractivity contribution in [3.8, 4) is 5.88 Å². The van der Waals surface area contributed by atoms with Crippen molar-refractivity contribution in [1.29, 1.82) is 0 Å². The van der Waals surface area contributed by atoms with Gasteiger partial charge in [-0.25, -0.2) is 4.98 Å². The molecule has 0 radical (unpaired) electrons. The molecule has 7 nitrogen and oxygen atoms in total. The number of hydrogen-bond acceptors (Lipinski definition) is 7. The molecule has 0 unspecified atom stereocenters. The molecule has 1 N–H and O–H groups in total. The van der Waals surface area contributed by atoms with E-state index in [-0.39, 0.29) is 0 Å². The van der Waals surface area contributed by atoms with Gasteiger partial charge < -0.3 is 24.3 Å². The van der Waals surface area contributed by atoms with Crippen LogP contribution in [0.1, 0.15) is 5.69 Å². The molecule has 0 saturated heterocycles. The fourth-order valence-corrected chi connectivity index (χ4v) is 1.39. The average molecular weight is 285 g/mol. The second kappa shape index (κ2) is 11.5. The molecule has 0 fully saturated rings. The summed E-state index contributed by atoms with van der Waals surface area (Å²) in [6, 6.07) is 0. The molecule has 20 heavy (non-hydrogen) atoms. The summed E-state index contributed by atoms with van der Waals surface area (Å²) in [5.41, 5.74) is 0.845. The van der Waals surface area contributed by atoms with Crippen molar-refractivity contribution in [2.24, 2.45) is 0 Å². The van der Waals surface area contributed by atoms with E-state index in [0.717, 1.165) is 5.69 Å². The number of ether oxygens (including phenoxy) is 4. The molecule has 0 aliphatic heterocycles. The van der Waals surface area contributed by atoms with Gasteiger partial charge in [-0.15, -0.1) is 0 Å². The summed E-state index contributed by atoms with van der Waals surface area (Å²) in [4.78, 5) is 8.35. The van der Waals surface area contributed by atoms with E-state index >= 15 is 0 Å². The van der Waals surface area contributed by atoms with E-state index in [1.165, 1.54) is 0 Å². The molecule has 1 rings (SSSR count). The van der Waals surface area contributed by atoms with Gasteiger partial charge in [-0.05, 0) is 7.05 Å². The van der Waals surface area contributed by atoms with Crippen LogP contribution in [-0.2, 0) is 20.8 Å². The van der Waals surface area contributed by atoms with Crippen LogP contribution in [0.2, 0.25) is 0 Å². The lowest BCUT2D eigenvalue weighted by molar-refractivity contribution is 0.0176. The summed E-state index contributed by atoms with van der Waals surface area (Å²) in [6.07, 6.45) is 3.30. The highest BCUT2D eigenvalue weighted by molar-refractivity contribution is 5.08. The number of hydrogen-bond donors (Lipinski definition) is 1. The molecule has 1 aromatic rings. The zero-order chi connectivity index (χ0) is 14.5. The summed E-state index contributed by atoms with van der Waals surface area (Å²) in [5.74, 6) is 0.512. The Bertz CT molecular complexity index is 352. The molecule has 0 spiro atoms. The fourth-order valence-electron chi connectivity index (χ4n) is 1.39. The first-order chi connectivity index (χ1) is 9.86. The third-order valence-corrected chi connectivity index (χ3v) is 2.30. The molecule has 0 bridgehead atoms. The molecule has 0 atom stereocenters. The van der Waals surface area contributed by atoms with Gasteiger partial charge in [0.1, 0.15) is 6.61 Å². The van der Waals surface area contributed by atoms with Crippen molar-refractivity contribution in [3.63, 3.8) is 0 Å². The molecule has 0 saturated carbocycles. The lowest BCUT2D eigenvalue weighted by Gasteiger charge is -2.07. The SMILES string of the molecule is CNCc1cncc(OCCOCCOCCOC)n1. The van der Waals surface area contributed by atoms with Gasteiger partial charge in [-0.1, -0.05) is 0 Å². The van der Waals surface area contributed by atoms with Gasteiger partial charge in [0.05, 0.1) is 44.9 Å². The Morgan fingerprint density at radius 2 is 1.70 bits per heavy atom. The van der Waals surface area contributed by atoms with Gasteiger partial charge in [-0.2, -0.15) is 0 Å². The van der Waals surface area contributed by atoms with E-state index in [1.54, 1.807) is 19.5 Å². The van der Waals surface area contributed by atoms with Crippen LogP contribution in [0.5, 0.6) is 5.88 Å². The number of nitrogens with one attached hydrogen (secondary N) is 1. The summed E-state index contributed by atoms with van der Waals surface area (Å²) in [6.45, 7) is 3.88. The average Bonchev–Trinajstić information content (AvgIpc) is 2.46. The molecule has 7 heteroatoms. The molecule has 114 valence electrons. The van der Waals surface area contributed by atoms with E-state index in [1.807, 2.05) is 7.05 Å². The molecular formula is C13H23N3O4. The lowest BCUT2D eigenvalue weighted by atomic mass is 10.4. The molecule has 1 heterocycles. The first-order valence-electron chi connectivity index (χ1n) is 6.59. The second-order valence-corrected chi connectivity index (χ2v) is 3.94. The first kappa shape index (κ1) is 16.8. The molecule has 0 amide bonds. The van der Waals surface area contributed by atoms with Crippen LogP contribution in [0.3, 0.4) is 0 Å². The second-order valence-electron chi connectivity index (χ2n) is 3.94. The van der Waals surface area contributed by atoms with Crippen molar-refractivity contribution in [1.82, 2.24) is 15.3 Å². The Balaban J connectivity index is 2.02. The Hall–Kier alpha value is -1.28. The number of rotatable bonds is 12. The zero-order valence-corrected chi connectivity index (χ0v) is 12.1. The van der Waals surface area contributed by atoms with Crippen molar-refractivity contribution in [2.45, 2.75) is 6.54 Å². The molecule has 0 aliphatic carbocycles. The van der Waals surface area contributed by atoms with Crippen LogP contribution >= 0.6 is 0 Å². The Labute approximate surface area is 119 Å². The summed E-state index contributed by atoms with van der Waals surface area (Å²) in [7, 11) is 3.50. The van der Waals surface area contributed by atoms with E-state index in [4.69, 9.17) is 18.9 Å². The normalized spacial score (nSPS) is 10.7. The minimum absolute atomic E-state index is 0.440. The standard InChI is InChI=1S/C13H23N3O4/c1-14-9-12-10-15-11-13(16-12)20-8-7-19-6-5-18-4-3-17-2/h10-11,14H,3-9H2,1-2H3. The van der Waals surface area contributed by atoms with Crippen LogP contribution < -0.4 is 10.1 Å². The third-order valence-electron chi connectivity index (χ3n) is 2.30. The van der Waals surface area contributed by atoms with Gasteiger partial charge in [0.25, 0.3) is 0 Å². The van der Waals surface area contributed by atoms with Crippen molar-refractivity contribution in [2.75, 3.05) is 53.8 Å². The summed E-state index contributed by atoms with van der Waals surface area (Å²) >= 11 is 0. The smallest absolute Gasteiger partial charge is 0.232 e. The van der Waals surface area contributed by atoms with Gasteiger partial charge >= 0.3 is 0 Å². The maximum absolute atomic E-state index is 5.45. The Kier molecular flexibility index (Phi) is 9.68. The van der Waals surface area contributed by atoms with Gasteiger partial charge in [0.15, 0.2) is 0 Å². The Morgan fingerprint density at radius 3 is 2.40 bits per heavy atom. The van der Waals surface area contributed by atoms with Crippen LogP contribution in [0.15, 0.2) is 12.4 Å². The maximum atomic E-state index is 5.45. The summed E-state index contributed by atoms with van der Waals surface area (Å²) < 4.78 is 20.9. The minimum Gasteiger partial charge on any atom is -0.474 e. The van der Waals surface area contributed by atoms with E-state index in [2.05, 4.69) is 15.3 Å². The highest BCUT2D eigenvalue weighted by atomic mass is 16.6. The van der Waals surface area contributed by atoms with Crippen LogP contribution in [-0.4, -0.2) is 63.8 Å². The van der Waals surface area contributed by atoms with Crippen LogP contribution in [0.25, 0.3) is 0 Å². The van der Waals surface area contributed by atoms with E-state index in [9.17, 15) is 0 Å². The van der Waals surface area contributed by atoms with Gasteiger partial charge in [-0.3, -0.25) is 4.98 Å². The highest BCUT2D eigenvalue weighted by Gasteiger charge is 1.99. The summed E-state index contributed by atoms with van der Waals surface area (Å²) in [5, 5.41) is 3.01. The molecule has 1 aromatic heterocycles. The minimum atomic E-state index is 0.440. The van der Waals surface area contributed by atoms with Gasteiger partial charge in [0, 0.05) is 19.9 Å². The maximum Gasteiger partial charge on any atom is 0.232 e. The lowest BCUT2D eigenvalue weighted by Crippen LogP contribution is -2.13. The topological polar surface area (TPSA) is 74.7 Å². The zero-order valence-electron chi connectivity index (χ0n) is 12.1. The number of methoxy groups -OCH3 is 1. The quantitative estimate of drug-likeness (QED) is 0.552. The van der Waals surface area contributed by atoms with Crippen molar-refractivity contribution >= 4 is 0 Å². The number of aromatic nitrogens is 2. The predicted molar refractivity (Wildman–Crippen MR) is 73.8 cm³/mol. The Morgan fingerprint density at radius 1 is 1.00 bits per heavy atom. The van der Waals surface area contributed by atoms with Crippen molar-refractivity contribution < 1.29 is 18.9 Å². The van der Waals surface area contributed by atoms with Crippen LogP contribution in [0, 0.1) is 0 Å². The van der Waals surface area contributed by atoms with E-state index < -0.39 is 0 Å². The molecule has 0 aliphatic rings. The largest absolute Gasteiger partial charge is 0.474 e. The fraction of sp³-hybridized carbons (Fsp3) is 0.692. The van der Waals surface area contributed by atoms with Crippen LogP contribution in [0.4, 0.5) is 0 Å². The van der Waals surface area contributed by atoms with Crippen molar-refractivity contribution in [3.05, 3.63) is 18.1 Å². The third kappa shape index (κ3) is 8.00. The monoisotopic (exact) mass is 285 g/mol. The molecule has 0 aromatic carbocycles. The predicted octanol–water partition coefficient (Wildman–Crippen LogP) is 0.254. The highest BCUT2D eigenvalue weighted by Crippen LogP contribution is 2.04. The number of nitrogens with zero attached hydrogens (tertiary/aromatic N) is 2. The van der Waals surface area contributed by atoms with Gasteiger partial charge in [0.2, 0.25) is 5.88 Å². The van der Waals surface area contributed by atoms with E-state index in [0.29, 0.717) is 52.1 Å².